The second kappa shape index (κ2) is 6.04. The van der Waals surface area contributed by atoms with Gasteiger partial charge in [-0.15, -0.1) is 0 Å². The number of nitrogens with one attached hydrogen (secondary N) is 1. The second-order valence-electron chi connectivity index (χ2n) is 3.20. The Morgan fingerprint density at radius 3 is 3.00 bits per heavy atom. The van der Waals surface area contributed by atoms with Crippen molar-refractivity contribution in [2.45, 2.75) is 13.3 Å². The molecule has 0 atom stereocenters. The summed E-state index contributed by atoms with van der Waals surface area (Å²) < 4.78 is 0. The van der Waals surface area contributed by atoms with E-state index in [1.165, 1.54) is 19.1 Å². The van der Waals surface area contributed by atoms with Crippen LogP contribution < -0.4 is 5.32 Å². The van der Waals surface area contributed by atoms with Crippen LogP contribution in [0.4, 0.5) is 0 Å². The first-order valence-electron chi connectivity index (χ1n) is 4.81. The van der Waals surface area contributed by atoms with Crippen LogP contribution in [0.15, 0.2) is 18.2 Å². The van der Waals surface area contributed by atoms with Crippen LogP contribution >= 0.6 is 11.6 Å². The van der Waals surface area contributed by atoms with E-state index < -0.39 is 0 Å². The molecule has 0 bridgehead atoms. The molecule has 2 N–H and O–H groups in total. The first kappa shape index (κ1) is 12.4. The molecule has 0 heterocycles. The summed E-state index contributed by atoms with van der Waals surface area (Å²) in [5.74, 6) is 5.76. The average molecular weight is 238 g/mol. The van der Waals surface area contributed by atoms with Crippen molar-refractivity contribution in [2.24, 2.45) is 0 Å². The van der Waals surface area contributed by atoms with Crippen molar-refractivity contribution >= 4 is 17.5 Å². The highest BCUT2D eigenvalue weighted by atomic mass is 35.5. The molecule has 1 amide bonds. The lowest BCUT2D eigenvalue weighted by Gasteiger charge is -1.97. The minimum absolute atomic E-state index is 0.0720. The number of amides is 1. The Bertz CT molecular complexity index is 446. The monoisotopic (exact) mass is 237 g/mol. The lowest BCUT2D eigenvalue weighted by molar-refractivity contribution is -0.118. The lowest BCUT2D eigenvalue weighted by Crippen LogP contribution is -2.20. The molecule has 4 heteroatoms. The third kappa shape index (κ3) is 4.24. The first-order chi connectivity index (χ1) is 7.59. The molecule has 1 aromatic carbocycles. The van der Waals surface area contributed by atoms with Crippen LogP contribution in [0.1, 0.15) is 18.9 Å². The summed E-state index contributed by atoms with van der Waals surface area (Å²) in [4.78, 5) is 10.6. The van der Waals surface area contributed by atoms with Gasteiger partial charge in [-0.25, -0.2) is 0 Å². The smallest absolute Gasteiger partial charge is 0.216 e. The molecule has 84 valence electrons. The quantitative estimate of drug-likeness (QED) is 0.610. The van der Waals surface area contributed by atoms with Crippen LogP contribution in [0, 0.1) is 11.8 Å². The maximum absolute atomic E-state index is 10.6. The van der Waals surface area contributed by atoms with E-state index in [0.29, 0.717) is 23.6 Å². The van der Waals surface area contributed by atoms with Crippen molar-refractivity contribution < 1.29 is 9.90 Å². The van der Waals surface area contributed by atoms with Gasteiger partial charge in [-0.1, -0.05) is 23.4 Å². The zero-order chi connectivity index (χ0) is 12.0. The van der Waals surface area contributed by atoms with Crippen LogP contribution in [0.25, 0.3) is 0 Å². The number of hydrogen-bond acceptors (Lipinski definition) is 2. The van der Waals surface area contributed by atoms with Gasteiger partial charge in [0.1, 0.15) is 5.75 Å². The normalized spacial score (nSPS) is 9.12. The van der Waals surface area contributed by atoms with Gasteiger partial charge in [-0.2, -0.15) is 0 Å². The molecule has 1 rings (SSSR count). The van der Waals surface area contributed by atoms with Gasteiger partial charge in [0.05, 0.1) is 5.02 Å². The summed E-state index contributed by atoms with van der Waals surface area (Å²) in [6.07, 6.45) is 0.547. The highest BCUT2D eigenvalue weighted by Gasteiger charge is 1.97. The molecule has 0 saturated heterocycles. The maximum atomic E-state index is 10.6. The fourth-order valence-corrected chi connectivity index (χ4v) is 1.23. The molecule has 0 fully saturated rings. The van der Waals surface area contributed by atoms with E-state index in [-0.39, 0.29) is 11.7 Å². The van der Waals surface area contributed by atoms with E-state index in [2.05, 4.69) is 17.2 Å². The summed E-state index contributed by atoms with van der Waals surface area (Å²) in [5, 5.41) is 12.4. The fourth-order valence-electron chi connectivity index (χ4n) is 1.07. The largest absolute Gasteiger partial charge is 0.508 e. The Labute approximate surface area is 99.4 Å². The zero-order valence-electron chi connectivity index (χ0n) is 8.88. The molecule has 3 nitrogen and oxygen atoms in total. The third-order valence-electron chi connectivity index (χ3n) is 1.80. The van der Waals surface area contributed by atoms with Crippen molar-refractivity contribution in [1.29, 1.82) is 0 Å². The molecule has 1 aromatic rings. The Balaban J connectivity index is 2.56. The van der Waals surface area contributed by atoms with Gasteiger partial charge in [0.15, 0.2) is 0 Å². The van der Waals surface area contributed by atoms with E-state index in [4.69, 9.17) is 11.6 Å². The molecular weight excluding hydrogens is 226 g/mol. The van der Waals surface area contributed by atoms with Crippen LogP contribution in [-0.2, 0) is 4.79 Å². The Hall–Kier alpha value is -1.66. The van der Waals surface area contributed by atoms with Gasteiger partial charge < -0.3 is 10.4 Å². The van der Waals surface area contributed by atoms with Crippen molar-refractivity contribution in [3.63, 3.8) is 0 Å². The molecule has 0 unspecified atom stereocenters. The average Bonchev–Trinajstić information content (AvgIpc) is 2.22. The number of carbonyl (C=O) groups excluding carboxylic acids is 1. The van der Waals surface area contributed by atoms with Gasteiger partial charge >= 0.3 is 0 Å². The van der Waals surface area contributed by atoms with Gasteiger partial charge in [-0.05, 0) is 18.2 Å². The molecule has 16 heavy (non-hydrogen) atoms. The lowest BCUT2D eigenvalue weighted by atomic mass is 10.2. The number of aromatic hydroxyl groups is 1. The maximum Gasteiger partial charge on any atom is 0.216 e. The van der Waals surface area contributed by atoms with Crippen LogP contribution in [0.2, 0.25) is 5.02 Å². The number of rotatable bonds is 2. The van der Waals surface area contributed by atoms with E-state index >= 15 is 0 Å². The molecule has 0 aliphatic carbocycles. The predicted octanol–water partition coefficient (Wildman–Crippen LogP) is 1.92. The first-order valence-corrected chi connectivity index (χ1v) is 5.19. The minimum atomic E-state index is -0.0720. The van der Waals surface area contributed by atoms with Crippen molar-refractivity contribution in [3.05, 3.63) is 28.8 Å². The van der Waals surface area contributed by atoms with Gasteiger partial charge in [-0.3, -0.25) is 4.79 Å². The fraction of sp³-hybridized carbons (Fsp3) is 0.250. The molecule has 0 spiro atoms. The molecular formula is C12H12ClNO2. The van der Waals surface area contributed by atoms with Crippen LogP contribution in [0.5, 0.6) is 5.75 Å². The topological polar surface area (TPSA) is 49.3 Å². The summed E-state index contributed by atoms with van der Waals surface area (Å²) in [5.41, 5.74) is 0.587. The van der Waals surface area contributed by atoms with Crippen LogP contribution in [-0.4, -0.2) is 17.6 Å². The Kier molecular flexibility index (Phi) is 4.68. The molecule has 0 radical (unpaired) electrons. The number of phenols is 1. The van der Waals surface area contributed by atoms with Crippen LogP contribution in [0.3, 0.4) is 0 Å². The Morgan fingerprint density at radius 1 is 1.56 bits per heavy atom. The van der Waals surface area contributed by atoms with E-state index in [9.17, 15) is 9.90 Å². The number of benzene rings is 1. The molecule has 0 aromatic heterocycles. The molecule has 0 saturated carbocycles. The minimum Gasteiger partial charge on any atom is -0.508 e. The predicted molar refractivity (Wildman–Crippen MR) is 63.3 cm³/mol. The van der Waals surface area contributed by atoms with Crippen molar-refractivity contribution in [3.8, 4) is 17.6 Å². The van der Waals surface area contributed by atoms with E-state index in [1.807, 2.05) is 0 Å². The van der Waals surface area contributed by atoms with Gasteiger partial charge in [0.25, 0.3) is 0 Å². The summed E-state index contributed by atoms with van der Waals surface area (Å²) in [6.45, 7) is 1.97. The summed E-state index contributed by atoms with van der Waals surface area (Å²) >= 11 is 5.88. The molecule has 0 aliphatic heterocycles. The summed E-state index contributed by atoms with van der Waals surface area (Å²) in [6, 6.07) is 4.60. The SMILES string of the molecule is CC(=O)NCCC#Cc1cc(O)ccc1Cl. The number of hydrogen-bond donors (Lipinski definition) is 2. The second-order valence-corrected chi connectivity index (χ2v) is 3.61. The van der Waals surface area contributed by atoms with Gasteiger partial charge in [0, 0.05) is 25.5 Å². The van der Waals surface area contributed by atoms with Crippen molar-refractivity contribution in [1.82, 2.24) is 5.32 Å². The number of phenolic OH excluding ortho intramolecular Hbond substituents is 1. The van der Waals surface area contributed by atoms with Crippen molar-refractivity contribution in [2.75, 3.05) is 6.54 Å². The van der Waals surface area contributed by atoms with E-state index in [0.717, 1.165) is 0 Å². The highest BCUT2D eigenvalue weighted by molar-refractivity contribution is 6.31. The zero-order valence-corrected chi connectivity index (χ0v) is 9.64. The standard InChI is InChI=1S/C12H12ClNO2/c1-9(15)14-7-3-2-4-10-8-11(16)5-6-12(10)13/h5-6,8,16H,3,7H2,1H3,(H,14,15). The summed E-state index contributed by atoms with van der Waals surface area (Å²) in [7, 11) is 0. The Morgan fingerprint density at radius 2 is 2.31 bits per heavy atom. The van der Waals surface area contributed by atoms with Gasteiger partial charge in [0.2, 0.25) is 5.91 Å². The number of carbonyl (C=O) groups is 1. The van der Waals surface area contributed by atoms with E-state index in [1.54, 1.807) is 6.07 Å². The number of halogens is 1. The molecule has 0 aliphatic rings. The highest BCUT2D eigenvalue weighted by Crippen LogP contribution is 2.19. The third-order valence-corrected chi connectivity index (χ3v) is 2.13.